The van der Waals surface area contributed by atoms with E-state index in [1.807, 2.05) is 6.92 Å². The Bertz CT molecular complexity index is 692. The number of hydrogen-bond donors (Lipinski definition) is 2. The minimum Gasteiger partial charge on any atom is -0.490 e. The molecule has 1 fully saturated rings. The first-order chi connectivity index (χ1) is 10.5. The number of ether oxygens (including phenoxy) is 2. The fraction of sp³-hybridized carbons (Fsp3) is 0.200. The summed E-state index contributed by atoms with van der Waals surface area (Å²) in [6.07, 6.45) is 6.65. The molecule has 1 aliphatic rings. The first kappa shape index (κ1) is 15.7. The molecule has 0 aliphatic carbocycles. The number of terminal acetylenes is 1. The summed E-state index contributed by atoms with van der Waals surface area (Å²) in [5, 5.41) is 4.79. The highest BCUT2D eigenvalue weighted by molar-refractivity contribution is 6.32. The molecule has 0 radical (unpaired) electrons. The molecule has 0 saturated carbocycles. The Kier molecular flexibility index (Phi) is 4.92. The van der Waals surface area contributed by atoms with Crippen LogP contribution in [0.1, 0.15) is 12.5 Å². The molecule has 6 nitrogen and oxygen atoms in total. The summed E-state index contributed by atoms with van der Waals surface area (Å²) in [6.45, 7) is 2.27. The molecule has 1 aromatic carbocycles. The molecular formula is C15H13ClN2O4. The summed E-state index contributed by atoms with van der Waals surface area (Å²) < 4.78 is 10.8. The van der Waals surface area contributed by atoms with Crippen LogP contribution in [0.25, 0.3) is 6.08 Å². The molecule has 1 aliphatic heterocycles. The van der Waals surface area contributed by atoms with Gasteiger partial charge in [-0.2, -0.15) is 0 Å². The molecule has 3 amide bonds. The van der Waals surface area contributed by atoms with Crippen molar-refractivity contribution in [2.75, 3.05) is 13.2 Å². The highest BCUT2D eigenvalue weighted by atomic mass is 35.5. The van der Waals surface area contributed by atoms with Gasteiger partial charge in [-0.1, -0.05) is 17.5 Å². The number of benzene rings is 1. The summed E-state index contributed by atoms with van der Waals surface area (Å²) in [4.78, 5) is 22.6. The Hall–Kier alpha value is -2.65. The van der Waals surface area contributed by atoms with Crippen LogP contribution in [0.4, 0.5) is 4.79 Å². The Balaban J connectivity index is 2.38. The zero-order valence-electron chi connectivity index (χ0n) is 11.7. The number of amides is 3. The van der Waals surface area contributed by atoms with Gasteiger partial charge < -0.3 is 14.8 Å². The number of halogens is 1. The van der Waals surface area contributed by atoms with Crippen molar-refractivity contribution in [1.82, 2.24) is 10.6 Å². The third-order valence-corrected chi connectivity index (χ3v) is 2.94. The molecule has 0 aromatic heterocycles. The van der Waals surface area contributed by atoms with Gasteiger partial charge in [-0.3, -0.25) is 10.1 Å². The smallest absolute Gasteiger partial charge is 0.326 e. The largest absolute Gasteiger partial charge is 0.490 e. The summed E-state index contributed by atoms with van der Waals surface area (Å²) >= 11 is 6.17. The van der Waals surface area contributed by atoms with Gasteiger partial charge in [0.15, 0.2) is 11.5 Å². The number of nitrogens with one attached hydrogen (secondary N) is 2. The van der Waals surface area contributed by atoms with Crippen LogP contribution in [0, 0.1) is 12.3 Å². The Morgan fingerprint density at radius 3 is 2.68 bits per heavy atom. The molecule has 0 atom stereocenters. The van der Waals surface area contributed by atoms with Crippen molar-refractivity contribution in [3.05, 3.63) is 28.4 Å². The fourth-order valence-electron chi connectivity index (χ4n) is 1.84. The number of imide groups is 1. The van der Waals surface area contributed by atoms with Gasteiger partial charge >= 0.3 is 6.03 Å². The molecule has 0 spiro atoms. The zero-order chi connectivity index (χ0) is 16.1. The number of carbonyl (C=O) groups excluding carboxylic acids is 2. The quantitative estimate of drug-likeness (QED) is 0.494. The van der Waals surface area contributed by atoms with E-state index in [0.29, 0.717) is 23.7 Å². The maximum Gasteiger partial charge on any atom is 0.326 e. The highest BCUT2D eigenvalue weighted by Gasteiger charge is 2.23. The normalized spacial score (nSPS) is 15.2. The molecule has 0 unspecified atom stereocenters. The maximum absolute atomic E-state index is 11.5. The van der Waals surface area contributed by atoms with Crippen LogP contribution in [-0.2, 0) is 4.79 Å². The minimum atomic E-state index is -0.568. The van der Waals surface area contributed by atoms with E-state index in [1.165, 1.54) is 6.08 Å². The second kappa shape index (κ2) is 6.87. The van der Waals surface area contributed by atoms with Gasteiger partial charge in [0.2, 0.25) is 0 Å². The van der Waals surface area contributed by atoms with E-state index in [0.717, 1.165) is 0 Å². The lowest BCUT2D eigenvalue weighted by molar-refractivity contribution is -0.115. The van der Waals surface area contributed by atoms with Crippen molar-refractivity contribution in [2.24, 2.45) is 0 Å². The number of hydrogen-bond acceptors (Lipinski definition) is 4. The van der Waals surface area contributed by atoms with E-state index in [1.54, 1.807) is 12.1 Å². The van der Waals surface area contributed by atoms with E-state index in [4.69, 9.17) is 27.5 Å². The van der Waals surface area contributed by atoms with Crippen LogP contribution in [0.3, 0.4) is 0 Å². The van der Waals surface area contributed by atoms with Crippen LogP contribution in [0.15, 0.2) is 17.8 Å². The van der Waals surface area contributed by atoms with Gasteiger partial charge in [0.1, 0.15) is 12.3 Å². The van der Waals surface area contributed by atoms with E-state index in [-0.39, 0.29) is 17.3 Å². The van der Waals surface area contributed by atoms with Crippen molar-refractivity contribution in [1.29, 1.82) is 0 Å². The van der Waals surface area contributed by atoms with Crippen molar-refractivity contribution < 1.29 is 19.1 Å². The summed E-state index contributed by atoms with van der Waals surface area (Å²) in [7, 11) is 0. The van der Waals surface area contributed by atoms with Gasteiger partial charge in [-0.15, -0.1) is 6.42 Å². The maximum atomic E-state index is 11.5. The average molecular weight is 321 g/mol. The standard InChI is InChI=1S/C15H13ClN2O4/c1-3-5-22-13-10(16)6-9(8-12(13)21-4-2)7-11-14(19)18-15(20)17-11/h1,6-8H,4-5H2,2H3,(H2,17,18,19,20)/b11-7-. The SMILES string of the molecule is C#CCOc1c(Cl)cc(/C=C2\NC(=O)NC2=O)cc1OCC. The molecule has 1 saturated heterocycles. The summed E-state index contributed by atoms with van der Waals surface area (Å²) in [5.41, 5.74) is 0.703. The zero-order valence-corrected chi connectivity index (χ0v) is 12.5. The third kappa shape index (κ3) is 3.51. The van der Waals surface area contributed by atoms with E-state index >= 15 is 0 Å². The molecular weight excluding hydrogens is 308 g/mol. The topological polar surface area (TPSA) is 76.7 Å². The van der Waals surface area contributed by atoms with Gasteiger partial charge in [-0.05, 0) is 30.7 Å². The number of carbonyl (C=O) groups is 2. The Morgan fingerprint density at radius 1 is 1.32 bits per heavy atom. The first-order valence-electron chi connectivity index (χ1n) is 6.41. The second-order valence-electron chi connectivity index (χ2n) is 4.22. The lowest BCUT2D eigenvalue weighted by Crippen LogP contribution is -2.22. The van der Waals surface area contributed by atoms with E-state index in [9.17, 15) is 9.59 Å². The van der Waals surface area contributed by atoms with Gasteiger partial charge in [0.25, 0.3) is 5.91 Å². The van der Waals surface area contributed by atoms with Crippen LogP contribution in [-0.4, -0.2) is 25.2 Å². The van der Waals surface area contributed by atoms with Crippen LogP contribution < -0.4 is 20.1 Å². The third-order valence-electron chi connectivity index (χ3n) is 2.66. The Morgan fingerprint density at radius 2 is 2.09 bits per heavy atom. The van der Waals surface area contributed by atoms with Crippen LogP contribution in [0.2, 0.25) is 5.02 Å². The summed E-state index contributed by atoms with van der Waals surface area (Å²) in [6, 6.07) is 2.66. The second-order valence-corrected chi connectivity index (χ2v) is 4.63. The average Bonchev–Trinajstić information content (AvgIpc) is 2.76. The number of urea groups is 1. The molecule has 1 aromatic rings. The van der Waals surface area contributed by atoms with Gasteiger partial charge in [-0.25, -0.2) is 4.79 Å². The molecule has 114 valence electrons. The van der Waals surface area contributed by atoms with Gasteiger partial charge in [0.05, 0.1) is 11.6 Å². The van der Waals surface area contributed by atoms with Crippen LogP contribution >= 0.6 is 11.6 Å². The number of rotatable bonds is 5. The van der Waals surface area contributed by atoms with Crippen molar-refractivity contribution in [3.63, 3.8) is 0 Å². The lowest BCUT2D eigenvalue weighted by atomic mass is 10.1. The van der Waals surface area contributed by atoms with Crippen molar-refractivity contribution in [3.8, 4) is 23.8 Å². The van der Waals surface area contributed by atoms with E-state index in [2.05, 4.69) is 16.6 Å². The minimum absolute atomic E-state index is 0.0543. The van der Waals surface area contributed by atoms with E-state index < -0.39 is 11.9 Å². The molecule has 22 heavy (non-hydrogen) atoms. The van der Waals surface area contributed by atoms with Gasteiger partial charge in [0, 0.05) is 0 Å². The fourth-order valence-corrected chi connectivity index (χ4v) is 2.11. The lowest BCUT2D eigenvalue weighted by Gasteiger charge is -2.13. The van der Waals surface area contributed by atoms with Crippen molar-refractivity contribution >= 4 is 29.6 Å². The first-order valence-corrected chi connectivity index (χ1v) is 6.79. The molecule has 0 bridgehead atoms. The monoisotopic (exact) mass is 320 g/mol. The van der Waals surface area contributed by atoms with Crippen molar-refractivity contribution in [2.45, 2.75) is 6.92 Å². The molecule has 2 N–H and O–H groups in total. The summed E-state index contributed by atoms with van der Waals surface area (Å²) in [5.74, 6) is 2.58. The Labute approximate surface area is 132 Å². The molecule has 1 heterocycles. The predicted octanol–water partition coefficient (Wildman–Crippen LogP) is 1.93. The highest BCUT2D eigenvalue weighted by Crippen LogP contribution is 2.37. The van der Waals surface area contributed by atoms with Crippen LogP contribution in [0.5, 0.6) is 11.5 Å². The molecule has 2 rings (SSSR count). The molecule has 7 heteroatoms. The predicted molar refractivity (Wildman–Crippen MR) is 81.6 cm³/mol.